The fourth-order valence-corrected chi connectivity index (χ4v) is 2.23. The highest BCUT2D eigenvalue weighted by Gasteiger charge is 2.14. The van der Waals surface area contributed by atoms with Crippen LogP contribution in [0.25, 0.3) is 0 Å². The number of imidazole rings is 1. The van der Waals surface area contributed by atoms with E-state index in [2.05, 4.69) is 11.9 Å². The first-order valence-corrected chi connectivity index (χ1v) is 6.51. The molecule has 0 amide bonds. The fraction of sp³-hybridized carbons (Fsp3) is 0.357. The molecular weight excluding hydrogens is 248 g/mol. The zero-order valence-corrected chi connectivity index (χ0v) is 11.1. The molecule has 96 valence electrons. The second kappa shape index (κ2) is 6.03. The molecule has 1 aromatic heterocycles. The van der Waals surface area contributed by atoms with Crippen molar-refractivity contribution in [3.05, 3.63) is 53.1 Å². The normalized spacial score (nSPS) is 12.6. The standard InChI is InChI=1S/C14H17ClN2O/c1-2-7-17-10-16-9-13(17)14(18)8-11-5-3-4-6-12(11)15/h3-6,9-10,14,18H,2,7-8H2,1H3. The van der Waals surface area contributed by atoms with Crippen molar-refractivity contribution in [1.29, 1.82) is 0 Å². The predicted octanol–water partition coefficient (Wildman–Crippen LogP) is 3.22. The van der Waals surface area contributed by atoms with Gasteiger partial charge in [-0.05, 0) is 18.1 Å². The minimum absolute atomic E-state index is 0.509. The molecule has 0 fully saturated rings. The smallest absolute Gasteiger partial charge is 0.0996 e. The van der Waals surface area contributed by atoms with Crippen LogP contribution >= 0.6 is 11.6 Å². The number of aliphatic hydroxyl groups is 1. The van der Waals surface area contributed by atoms with E-state index in [9.17, 15) is 5.11 Å². The van der Waals surface area contributed by atoms with Crippen LogP contribution in [0.1, 0.15) is 30.7 Å². The SMILES string of the molecule is CCCn1cncc1C(O)Cc1ccccc1Cl. The van der Waals surface area contributed by atoms with Gasteiger partial charge < -0.3 is 9.67 Å². The van der Waals surface area contributed by atoms with E-state index in [0.717, 1.165) is 24.2 Å². The molecule has 0 bridgehead atoms. The van der Waals surface area contributed by atoms with E-state index in [0.29, 0.717) is 11.4 Å². The Morgan fingerprint density at radius 3 is 2.89 bits per heavy atom. The summed E-state index contributed by atoms with van der Waals surface area (Å²) in [7, 11) is 0. The number of nitrogens with zero attached hydrogens (tertiary/aromatic N) is 2. The van der Waals surface area contributed by atoms with Crippen molar-refractivity contribution in [2.24, 2.45) is 0 Å². The van der Waals surface area contributed by atoms with Crippen molar-refractivity contribution >= 4 is 11.6 Å². The molecule has 18 heavy (non-hydrogen) atoms. The van der Waals surface area contributed by atoms with Crippen LogP contribution in [0.4, 0.5) is 0 Å². The topological polar surface area (TPSA) is 38.0 Å². The van der Waals surface area contributed by atoms with Crippen LogP contribution in [0.3, 0.4) is 0 Å². The van der Waals surface area contributed by atoms with E-state index in [1.54, 1.807) is 12.5 Å². The maximum atomic E-state index is 10.3. The molecule has 2 rings (SSSR count). The van der Waals surface area contributed by atoms with Crippen LogP contribution in [0, 0.1) is 0 Å². The second-order valence-electron chi connectivity index (χ2n) is 4.32. The molecule has 0 aliphatic rings. The highest BCUT2D eigenvalue weighted by atomic mass is 35.5. The summed E-state index contributed by atoms with van der Waals surface area (Å²) in [6.45, 7) is 2.97. The number of halogens is 1. The van der Waals surface area contributed by atoms with Gasteiger partial charge in [0.2, 0.25) is 0 Å². The molecule has 2 aromatic rings. The molecular formula is C14H17ClN2O. The van der Waals surface area contributed by atoms with Crippen LogP contribution in [0.2, 0.25) is 5.02 Å². The number of hydrogen-bond donors (Lipinski definition) is 1. The van der Waals surface area contributed by atoms with Crippen molar-refractivity contribution in [2.45, 2.75) is 32.4 Å². The number of aliphatic hydroxyl groups excluding tert-OH is 1. The third kappa shape index (κ3) is 2.92. The van der Waals surface area contributed by atoms with Crippen molar-refractivity contribution in [3.63, 3.8) is 0 Å². The van der Waals surface area contributed by atoms with Gasteiger partial charge in [0, 0.05) is 18.0 Å². The number of benzene rings is 1. The van der Waals surface area contributed by atoms with E-state index in [1.165, 1.54) is 0 Å². The second-order valence-corrected chi connectivity index (χ2v) is 4.73. The average molecular weight is 265 g/mol. The van der Waals surface area contributed by atoms with Crippen LogP contribution in [0.5, 0.6) is 0 Å². The summed E-state index contributed by atoms with van der Waals surface area (Å²) in [5.41, 5.74) is 1.80. The predicted molar refractivity (Wildman–Crippen MR) is 72.6 cm³/mol. The number of aromatic nitrogens is 2. The Morgan fingerprint density at radius 1 is 1.39 bits per heavy atom. The Hall–Kier alpha value is -1.32. The van der Waals surface area contributed by atoms with Crippen LogP contribution in [-0.2, 0) is 13.0 Å². The summed E-state index contributed by atoms with van der Waals surface area (Å²) in [5, 5.41) is 11.0. The van der Waals surface area contributed by atoms with Crippen molar-refractivity contribution in [2.75, 3.05) is 0 Å². The largest absolute Gasteiger partial charge is 0.386 e. The summed E-state index contributed by atoms with van der Waals surface area (Å²) >= 11 is 6.10. The van der Waals surface area contributed by atoms with Gasteiger partial charge in [0.15, 0.2) is 0 Å². The fourth-order valence-electron chi connectivity index (χ4n) is 2.01. The van der Waals surface area contributed by atoms with E-state index in [4.69, 9.17) is 11.6 Å². The minimum Gasteiger partial charge on any atom is -0.386 e. The van der Waals surface area contributed by atoms with Crippen molar-refractivity contribution < 1.29 is 5.11 Å². The van der Waals surface area contributed by atoms with Crippen LogP contribution in [-0.4, -0.2) is 14.7 Å². The summed E-state index contributed by atoms with van der Waals surface area (Å²) < 4.78 is 1.99. The molecule has 0 saturated heterocycles. The quantitative estimate of drug-likeness (QED) is 0.900. The molecule has 1 N–H and O–H groups in total. The van der Waals surface area contributed by atoms with Gasteiger partial charge in [-0.1, -0.05) is 36.7 Å². The first kappa shape index (κ1) is 13.1. The highest BCUT2D eigenvalue weighted by Crippen LogP contribution is 2.23. The summed E-state index contributed by atoms with van der Waals surface area (Å²) in [5.74, 6) is 0. The molecule has 0 aliphatic heterocycles. The first-order chi connectivity index (χ1) is 8.72. The molecule has 4 heteroatoms. The Labute approximate surface area is 112 Å². The van der Waals surface area contributed by atoms with Crippen molar-refractivity contribution in [1.82, 2.24) is 9.55 Å². The van der Waals surface area contributed by atoms with E-state index < -0.39 is 6.10 Å². The van der Waals surface area contributed by atoms with Gasteiger partial charge in [-0.15, -0.1) is 0 Å². The zero-order valence-electron chi connectivity index (χ0n) is 10.4. The number of rotatable bonds is 5. The average Bonchev–Trinajstić information content (AvgIpc) is 2.81. The molecule has 0 spiro atoms. The van der Waals surface area contributed by atoms with Crippen molar-refractivity contribution in [3.8, 4) is 0 Å². The number of aryl methyl sites for hydroxylation is 1. The zero-order chi connectivity index (χ0) is 13.0. The van der Waals surface area contributed by atoms with E-state index >= 15 is 0 Å². The Kier molecular flexibility index (Phi) is 4.39. The highest BCUT2D eigenvalue weighted by molar-refractivity contribution is 6.31. The van der Waals surface area contributed by atoms with Gasteiger partial charge in [-0.3, -0.25) is 0 Å². The molecule has 1 unspecified atom stereocenters. The Balaban J connectivity index is 2.14. The lowest BCUT2D eigenvalue weighted by molar-refractivity contribution is 0.168. The van der Waals surface area contributed by atoms with Gasteiger partial charge in [-0.25, -0.2) is 4.98 Å². The third-order valence-electron chi connectivity index (χ3n) is 2.92. The van der Waals surface area contributed by atoms with Gasteiger partial charge in [-0.2, -0.15) is 0 Å². The molecule has 0 saturated carbocycles. The third-order valence-corrected chi connectivity index (χ3v) is 3.29. The van der Waals surface area contributed by atoms with Gasteiger partial charge in [0.05, 0.1) is 24.3 Å². The summed E-state index contributed by atoms with van der Waals surface area (Å²) in [6.07, 6.45) is 4.43. The van der Waals surface area contributed by atoms with Crippen LogP contribution in [0.15, 0.2) is 36.8 Å². The maximum absolute atomic E-state index is 10.3. The summed E-state index contributed by atoms with van der Waals surface area (Å²) in [6, 6.07) is 7.59. The lowest BCUT2D eigenvalue weighted by Gasteiger charge is -2.14. The van der Waals surface area contributed by atoms with Gasteiger partial charge in [0.1, 0.15) is 0 Å². The molecule has 0 radical (unpaired) electrons. The Morgan fingerprint density at radius 2 is 2.17 bits per heavy atom. The summed E-state index contributed by atoms with van der Waals surface area (Å²) in [4.78, 5) is 4.10. The minimum atomic E-state index is -0.570. The Bertz CT molecular complexity index is 510. The van der Waals surface area contributed by atoms with E-state index in [1.807, 2.05) is 28.8 Å². The molecule has 3 nitrogen and oxygen atoms in total. The molecule has 1 aromatic carbocycles. The monoisotopic (exact) mass is 264 g/mol. The molecule has 1 atom stereocenters. The lowest BCUT2D eigenvalue weighted by atomic mass is 10.1. The molecule has 1 heterocycles. The number of hydrogen-bond acceptors (Lipinski definition) is 2. The van der Waals surface area contributed by atoms with E-state index in [-0.39, 0.29) is 0 Å². The molecule has 0 aliphatic carbocycles. The van der Waals surface area contributed by atoms with Gasteiger partial charge >= 0.3 is 0 Å². The lowest BCUT2D eigenvalue weighted by Crippen LogP contribution is -2.09. The van der Waals surface area contributed by atoms with Gasteiger partial charge in [0.25, 0.3) is 0 Å². The first-order valence-electron chi connectivity index (χ1n) is 6.14. The maximum Gasteiger partial charge on any atom is 0.0996 e. The van der Waals surface area contributed by atoms with Crippen LogP contribution < -0.4 is 0 Å².